The number of benzene rings is 2. The number of anilines is 1. The number of nitrogens with zero attached hydrogens (tertiary/aromatic N) is 2. The largest absolute Gasteiger partial charge is 0.392 e. The Kier molecular flexibility index (Phi) is 7.33. The predicted octanol–water partition coefficient (Wildman–Crippen LogP) is 4.69. The second-order valence-corrected chi connectivity index (χ2v) is 10.8. The molecule has 0 saturated carbocycles. The van der Waals surface area contributed by atoms with Gasteiger partial charge in [0.2, 0.25) is 5.91 Å². The standard InChI is InChI=1S/C28H32ClF2N3O2/c29-23-2-1-3-24-27(23)28(18-32-24)8-12-33(13-9-28)17-25(35)20-6-10-34(11-7-20)26(36)5-4-19-14-21(30)16-22(31)15-19/h1-5,14-16,20,25,32,35H,6-13,17-18H2. The minimum atomic E-state index is -0.672. The van der Waals surface area contributed by atoms with Gasteiger partial charge in [-0.3, -0.25) is 4.79 Å². The van der Waals surface area contributed by atoms with Crippen molar-refractivity contribution in [3.8, 4) is 0 Å². The van der Waals surface area contributed by atoms with Gasteiger partial charge in [0.25, 0.3) is 0 Å². The highest BCUT2D eigenvalue weighted by Gasteiger charge is 2.43. The van der Waals surface area contributed by atoms with Crippen LogP contribution in [0.4, 0.5) is 14.5 Å². The average Bonchev–Trinajstić information content (AvgIpc) is 3.23. The summed E-state index contributed by atoms with van der Waals surface area (Å²) in [5.74, 6) is -1.38. The van der Waals surface area contributed by atoms with Crippen LogP contribution in [0.1, 0.15) is 36.8 Å². The van der Waals surface area contributed by atoms with Gasteiger partial charge in [-0.15, -0.1) is 0 Å². The van der Waals surface area contributed by atoms with Crippen LogP contribution in [0.25, 0.3) is 6.08 Å². The van der Waals surface area contributed by atoms with Crippen molar-refractivity contribution in [1.82, 2.24) is 9.80 Å². The number of rotatable bonds is 5. The number of piperidine rings is 2. The fraction of sp³-hybridized carbons (Fsp3) is 0.464. The molecule has 2 aromatic carbocycles. The Morgan fingerprint density at radius 2 is 1.83 bits per heavy atom. The van der Waals surface area contributed by atoms with Crippen LogP contribution in [0.5, 0.6) is 0 Å². The van der Waals surface area contributed by atoms with Gasteiger partial charge >= 0.3 is 0 Å². The van der Waals surface area contributed by atoms with Crippen LogP contribution in [-0.2, 0) is 10.2 Å². The molecule has 0 aromatic heterocycles. The van der Waals surface area contributed by atoms with Gasteiger partial charge in [0, 0.05) is 60.0 Å². The lowest BCUT2D eigenvalue weighted by molar-refractivity contribution is -0.128. The van der Waals surface area contributed by atoms with Gasteiger partial charge < -0.3 is 20.2 Å². The van der Waals surface area contributed by atoms with Crippen molar-refractivity contribution in [2.45, 2.75) is 37.2 Å². The number of fused-ring (bicyclic) bond motifs is 2. The van der Waals surface area contributed by atoms with Crippen molar-refractivity contribution >= 4 is 29.3 Å². The van der Waals surface area contributed by atoms with Gasteiger partial charge in [0.1, 0.15) is 11.6 Å². The van der Waals surface area contributed by atoms with Crippen molar-refractivity contribution in [1.29, 1.82) is 0 Å². The van der Waals surface area contributed by atoms with Crippen LogP contribution < -0.4 is 5.32 Å². The number of amides is 1. The van der Waals surface area contributed by atoms with E-state index in [1.165, 1.54) is 29.8 Å². The summed E-state index contributed by atoms with van der Waals surface area (Å²) in [7, 11) is 0. The topological polar surface area (TPSA) is 55.8 Å². The van der Waals surface area contributed by atoms with Gasteiger partial charge in [0.15, 0.2) is 0 Å². The van der Waals surface area contributed by atoms with Crippen LogP contribution in [0, 0.1) is 17.6 Å². The molecule has 0 radical (unpaired) electrons. The van der Waals surface area contributed by atoms with Crippen LogP contribution in [0.2, 0.25) is 5.02 Å². The molecule has 2 N–H and O–H groups in total. The summed E-state index contributed by atoms with van der Waals surface area (Å²) in [5, 5.41) is 15.3. The van der Waals surface area contributed by atoms with E-state index in [1.807, 2.05) is 12.1 Å². The number of likely N-dealkylation sites (tertiary alicyclic amines) is 2. The lowest BCUT2D eigenvalue weighted by Gasteiger charge is -2.41. The molecule has 8 heteroatoms. The Bertz CT molecular complexity index is 1120. The molecular formula is C28H32ClF2N3O2. The van der Waals surface area contributed by atoms with E-state index in [4.69, 9.17) is 11.6 Å². The zero-order valence-electron chi connectivity index (χ0n) is 20.2. The number of hydrogen-bond acceptors (Lipinski definition) is 4. The number of carbonyl (C=O) groups is 1. The van der Waals surface area contributed by atoms with Crippen LogP contribution >= 0.6 is 11.6 Å². The third-order valence-electron chi connectivity index (χ3n) is 8.12. The molecule has 1 spiro atoms. The maximum Gasteiger partial charge on any atom is 0.246 e. The van der Waals surface area contributed by atoms with E-state index < -0.39 is 17.7 Å². The first-order valence-corrected chi connectivity index (χ1v) is 13.1. The molecular weight excluding hydrogens is 484 g/mol. The Labute approximate surface area is 215 Å². The summed E-state index contributed by atoms with van der Waals surface area (Å²) in [4.78, 5) is 16.6. The fourth-order valence-electron chi connectivity index (χ4n) is 6.02. The van der Waals surface area contributed by atoms with Gasteiger partial charge in [-0.2, -0.15) is 0 Å². The van der Waals surface area contributed by atoms with Crippen LogP contribution in [0.3, 0.4) is 0 Å². The lowest BCUT2D eigenvalue weighted by atomic mass is 9.74. The smallest absolute Gasteiger partial charge is 0.246 e. The maximum atomic E-state index is 13.3. The van der Waals surface area contributed by atoms with E-state index >= 15 is 0 Å². The Morgan fingerprint density at radius 3 is 2.53 bits per heavy atom. The maximum absolute atomic E-state index is 13.3. The van der Waals surface area contributed by atoms with Gasteiger partial charge in [0.05, 0.1) is 6.10 Å². The Balaban J connectivity index is 1.09. The summed E-state index contributed by atoms with van der Waals surface area (Å²) in [6, 6.07) is 9.24. The van der Waals surface area contributed by atoms with Gasteiger partial charge in [-0.05, 0) is 80.6 Å². The quantitative estimate of drug-likeness (QED) is 0.567. The summed E-state index contributed by atoms with van der Waals surface area (Å²) in [6.07, 6.45) is 5.86. The monoisotopic (exact) mass is 515 g/mol. The van der Waals surface area contributed by atoms with Crippen molar-refractivity contribution in [2.24, 2.45) is 5.92 Å². The molecule has 2 saturated heterocycles. The number of aliphatic hydroxyl groups is 1. The molecule has 0 bridgehead atoms. The summed E-state index contributed by atoms with van der Waals surface area (Å²) in [5.41, 5.74) is 2.79. The number of carbonyl (C=O) groups excluding carboxylic acids is 1. The number of hydrogen-bond donors (Lipinski definition) is 2. The van der Waals surface area contributed by atoms with Gasteiger partial charge in [-0.1, -0.05) is 17.7 Å². The first-order valence-electron chi connectivity index (χ1n) is 12.7. The first kappa shape index (κ1) is 25.2. The molecule has 1 amide bonds. The van der Waals surface area contributed by atoms with E-state index in [2.05, 4.69) is 16.3 Å². The fourth-order valence-corrected chi connectivity index (χ4v) is 6.39. The Hall–Kier alpha value is -2.48. The molecule has 2 fully saturated rings. The second kappa shape index (κ2) is 10.5. The zero-order valence-corrected chi connectivity index (χ0v) is 21.0. The molecule has 1 unspecified atom stereocenters. The van der Waals surface area contributed by atoms with E-state index in [0.29, 0.717) is 25.2 Å². The number of aliphatic hydroxyl groups excluding tert-OH is 1. The van der Waals surface area contributed by atoms with E-state index in [1.54, 1.807) is 4.90 Å². The molecule has 0 aliphatic carbocycles. The average molecular weight is 516 g/mol. The summed E-state index contributed by atoms with van der Waals surface area (Å²) >= 11 is 6.56. The highest BCUT2D eigenvalue weighted by atomic mass is 35.5. The molecule has 36 heavy (non-hydrogen) atoms. The molecule has 1 atom stereocenters. The highest BCUT2D eigenvalue weighted by molar-refractivity contribution is 6.32. The number of β-amino-alcohol motifs (C(OH)–C–C–N with tert-alkyl or cyclic N) is 1. The molecule has 5 nitrogen and oxygen atoms in total. The van der Waals surface area contributed by atoms with E-state index in [9.17, 15) is 18.7 Å². The minimum absolute atomic E-state index is 0.0750. The first-order chi connectivity index (χ1) is 17.3. The molecule has 3 aliphatic heterocycles. The highest BCUT2D eigenvalue weighted by Crippen LogP contribution is 2.47. The Morgan fingerprint density at radius 1 is 1.14 bits per heavy atom. The lowest BCUT2D eigenvalue weighted by Crippen LogP contribution is -2.48. The van der Waals surface area contributed by atoms with Crippen LogP contribution in [0.15, 0.2) is 42.5 Å². The van der Waals surface area contributed by atoms with Crippen molar-refractivity contribution in [3.05, 3.63) is 70.3 Å². The van der Waals surface area contributed by atoms with Crippen LogP contribution in [-0.4, -0.2) is 66.2 Å². The van der Waals surface area contributed by atoms with E-state index in [0.717, 1.165) is 62.1 Å². The van der Waals surface area contributed by atoms with Crippen molar-refractivity contribution < 1.29 is 18.7 Å². The molecule has 2 aromatic rings. The number of halogens is 3. The predicted molar refractivity (Wildman–Crippen MR) is 138 cm³/mol. The molecule has 192 valence electrons. The zero-order chi connectivity index (χ0) is 25.3. The summed E-state index contributed by atoms with van der Waals surface area (Å²) in [6.45, 7) is 4.53. The van der Waals surface area contributed by atoms with Crippen molar-refractivity contribution in [2.75, 3.05) is 44.6 Å². The molecule has 3 aliphatic rings. The number of nitrogens with one attached hydrogen (secondary N) is 1. The van der Waals surface area contributed by atoms with Gasteiger partial charge in [-0.25, -0.2) is 8.78 Å². The SMILES string of the molecule is O=C(C=Cc1cc(F)cc(F)c1)N1CCC(C(O)CN2CCC3(CC2)CNc2cccc(Cl)c23)CC1. The molecule has 5 rings (SSSR count). The van der Waals surface area contributed by atoms with E-state index in [-0.39, 0.29) is 17.2 Å². The normalized spacial score (nSPS) is 21.1. The molecule has 3 heterocycles. The third-order valence-corrected chi connectivity index (χ3v) is 8.43. The second-order valence-electron chi connectivity index (χ2n) is 10.4. The third kappa shape index (κ3) is 5.29. The summed E-state index contributed by atoms with van der Waals surface area (Å²) < 4.78 is 26.7. The van der Waals surface area contributed by atoms with Crippen molar-refractivity contribution in [3.63, 3.8) is 0 Å². The minimum Gasteiger partial charge on any atom is -0.392 e.